The summed E-state index contributed by atoms with van der Waals surface area (Å²) in [4.78, 5) is -1.89. The van der Waals surface area contributed by atoms with E-state index in [1.807, 2.05) is 18.2 Å². The van der Waals surface area contributed by atoms with Gasteiger partial charge < -0.3 is 0 Å². The van der Waals surface area contributed by atoms with Crippen molar-refractivity contribution < 1.29 is 51.0 Å². The fraction of sp³-hybridized carbons (Fsp3) is 0.738. The van der Waals surface area contributed by atoms with E-state index in [1.165, 1.54) is 68.9 Å². The first-order valence-corrected chi connectivity index (χ1v) is 53.2. The summed E-state index contributed by atoms with van der Waals surface area (Å²) in [5.74, 6) is 0. The van der Waals surface area contributed by atoms with Crippen molar-refractivity contribution in [3.63, 3.8) is 0 Å². The maximum absolute atomic E-state index is 19.7. The Hall–Kier alpha value is -2.62. The Morgan fingerprint density at radius 1 is 0.316 bits per heavy atom. The van der Waals surface area contributed by atoms with Gasteiger partial charge in [0.05, 0.1) is 0 Å². The predicted molar refractivity (Wildman–Crippen MR) is 414 cm³/mol. The summed E-state index contributed by atoms with van der Waals surface area (Å²) in [6, 6.07) is 14.0. The first-order valence-electron chi connectivity index (χ1n) is 40.9. The molecule has 0 fully saturated rings. The molecule has 3 aromatic rings. The molecule has 98 heavy (non-hydrogen) atoms. The third kappa shape index (κ3) is 24.0. The van der Waals surface area contributed by atoms with Crippen LogP contribution in [0.5, 0.6) is 0 Å². The molecule has 3 rings (SSSR count). The van der Waals surface area contributed by atoms with Gasteiger partial charge in [-0.05, 0) is 0 Å². The van der Waals surface area contributed by atoms with Crippen molar-refractivity contribution in [2.75, 3.05) is 0 Å². The average Bonchev–Trinajstić information content (AvgIpc) is 0.585. The van der Waals surface area contributed by atoms with E-state index in [0.29, 0.717) is 73.6 Å². The fourth-order valence-corrected chi connectivity index (χ4v) is 56.6. The van der Waals surface area contributed by atoms with Crippen LogP contribution in [-0.4, -0.2) is 30.5 Å². The Kier molecular flexibility index (Phi) is 42.9. The molecule has 0 unspecified atom stereocenters. The van der Waals surface area contributed by atoms with Gasteiger partial charge >= 0.3 is 528 Å². The van der Waals surface area contributed by atoms with E-state index in [9.17, 15) is 5.26 Å². The predicted octanol–water partition coefficient (Wildman–Crippen LogP) is 26.9. The van der Waals surface area contributed by atoms with Crippen molar-refractivity contribution in [3.8, 4) is 0 Å². The van der Waals surface area contributed by atoms with E-state index >= 15 is 28.6 Å². The summed E-state index contributed by atoms with van der Waals surface area (Å²) in [6.07, 6.45) is 51.4. The Bertz CT molecular complexity index is 3040. The number of allylic oxidation sites excluding steroid dienone is 2. The zero-order chi connectivity index (χ0) is 71.9. The number of hydrogen-bond donors (Lipinski definition) is 1. The third-order valence-corrected chi connectivity index (χ3v) is 65.4. The van der Waals surface area contributed by atoms with Crippen molar-refractivity contribution >= 4 is 25.0 Å². The molecule has 0 radical (unpaired) electrons. The van der Waals surface area contributed by atoms with E-state index in [2.05, 4.69) is 54.7 Å². The van der Waals surface area contributed by atoms with Crippen LogP contribution in [0.1, 0.15) is 383 Å². The monoisotopic (exact) mass is 1460 g/mol. The Labute approximate surface area is 597 Å². The molecule has 1 N–H and O–H groups in total. The molecular formula is C84H146O10S3Ti. The standard InChI is InChI=1S/C26H46O3S.2C26H45O2S.2C3H5.H2O2.O.Ti/c1-3-5-7-9-11-13-15-17-20-24-21-19-23-26(30(27,28)29)25(24)22-18-16-14-12-10-8-6-4-2;2*1-3-5-7-9-11-13-15-17-20-24-21-19-23-26(29(27)28)25(24)22-18-16-14-12-10-8-6-4-2;2*1-3-2;1-2;;/h19,21,23H,3-18,20,22H2,1-2H3,(H,27,28,29);2*19,21,23H,3-18,20,22H2,1-2H3;2*3H,1-2H2;1-2H;;/q;;;;;;;+2/p-2. The average molecular weight is 1460 g/mol. The maximum atomic E-state index is 19.7. The van der Waals surface area contributed by atoms with Crippen LogP contribution < -0.4 is 0 Å². The number of rotatable bonds is 66. The number of aryl methyl sites for hydroxylation is 3. The molecule has 0 spiro atoms. The summed E-state index contributed by atoms with van der Waals surface area (Å²) < 4.78 is 134. The molecule has 0 saturated carbocycles. The molecule has 0 amide bonds. The third-order valence-electron chi connectivity index (χ3n) is 22.0. The Balaban J connectivity index is 2.67. The van der Waals surface area contributed by atoms with Gasteiger partial charge in [0.15, 0.2) is 0 Å². The number of hydrogen-bond acceptors (Lipinski definition) is 10. The van der Waals surface area contributed by atoms with Crippen molar-refractivity contribution in [2.24, 2.45) is 0 Å². The molecule has 0 heterocycles. The topological polar surface area (TPSA) is 158 Å². The van der Waals surface area contributed by atoms with E-state index < -0.39 is 60.0 Å². The Morgan fingerprint density at radius 3 is 0.745 bits per heavy atom. The molecule has 0 aromatic heterocycles. The van der Waals surface area contributed by atoms with Gasteiger partial charge in [0.1, 0.15) is 0 Å². The minimum absolute atomic E-state index is 0.130. The molecule has 0 aliphatic heterocycles. The summed E-state index contributed by atoms with van der Waals surface area (Å²) in [5.41, 5.74) is 2.71. The number of unbranched alkanes of at least 4 members (excludes halogenated alkanes) is 42. The van der Waals surface area contributed by atoms with Gasteiger partial charge in [-0.15, -0.1) is 0 Å². The second kappa shape index (κ2) is 47.0. The van der Waals surface area contributed by atoms with Gasteiger partial charge in [-0.25, -0.2) is 0 Å². The molecule has 10 nitrogen and oxygen atoms in total. The molecule has 0 saturated heterocycles. The molecule has 0 aliphatic rings. The van der Waals surface area contributed by atoms with Gasteiger partial charge in [0, 0.05) is 0 Å². The Morgan fingerprint density at radius 2 is 0.520 bits per heavy atom. The van der Waals surface area contributed by atoms with Crippen LogP contribution in [0, 0.1) is 0 Å². The first-order chi connectivity index (χ1) is 47.3. The van der Waals surface area contributed by atoms with E-state index in [1.54, 1.807) is 6.07 Å². The molecule has 564 valence electrons. The van der Waals surface area contributed by atoms with Crippen LogP contribution in [0.2, 0.25) is 9.45 Å². The minimum Gasteiger partial charge on any atom is -0.0654 e. The molecule has 0 bridgehead atoms. The van der Waals surface area contributed by atoms with Crippen LogP contribution in [0.3, 0.4) is 0 Å². The molecular weight excluding hydrogens is 1310 g/mol. The molecule has 3 aromatic carbocycles. The minimum atomic E-state index is -11.5. The van der Waals surface area contributed by atoms with Crippen LogP contribution in [-0.2, 0) is 83.9 Å². The quantitative estimate of drug-likeness (QED) is 0.0190. The van der Waals surface area contributed by atoms with E-state index in [0.717, 1.165) is 250 Å². The fourth-order valence-electron chi connectivity index (χ4n) is 15.6. The van der Waals surface area contributed by atoms with Crippen LogP contribution in [0.4, 0.5) is 0 Å². The van der Waals surface area contributed by atoms with Gasteiger partial charge in [-0.3, -0.25) is 0 Å². The second-order valence-electron chi connectivity index (χ2n) is 30.2. The zero-order valence-electron chi connectivity index (χ0n) is 63.7. The summed E-state index contributed by atoms with van der Waals surface area (Å²) in [5, 5.41) is 12.9. The molecule has 14 heteroatoms. The van der Waals surface area contributed by atoms with Crippen LogP contribution in [0.15, 0.2) is 94.6 Å². The van der Waals surface area contributed by atoms with Gasteiger partial charge in [0.2, 0.25) is 0 Å². The van der Waals surface area contributed by atoms with E-state index in [-0.39, 0.29) is 30.4 Å². The number of benzene rings is 3. The van der Waals surface area contributed by atoms with E-state index in [4.69, 9.17) is 6.23 Å². The summed E-state index contributed by atoms with van der Waals surface area (Å²) in [6.45, 7) is 21.1. The SMILES string of the molecule is C=C[CH2][Ti](=[O])([CH2]C=C)([O]O)([O]S(=O)(=O)c1cccc(CCCCCCCCCC)c1CCCCCCCCCC)([S](=O)(=O)c1cccc(CCCCCCCCCC)c1CCCCCCCCCC)[S](=O)(=O)c1cccc(CCCCCCCCCC)c1CCCCCCCCCC. The molecule has 0 aliphatic carbocycles. The second-order valence-corrected chi connectivity index (χ2v) is 61.5. The summed E-state index contributed by atoms with van der Waals surface area (Å²) in [7, 11) is -30.5. The van der Waals surface area contributed by atoms with Crippen molar-refractivity contribution in [1.29, 1.82) is 0 Å². The van der Waals surface area contributed by atoms with Gasteiger partial charge in [-0.1, -0.05) is 73.6 Å². The van der Waals surface area contributed by atoms with Gasteiger partial charge in [0.25, 0.3) is 0 Å². The van der Waals surface area contributed by atoms with Crippen molar-refractivity contribution in [3.05, 3.63) is 113 Å². The smallest absolute Gasteiger partial charge is 0.0654 e. The zero-order valence-corrected chi connectivity index (χ0v) is 67.7. The van der Waals surface area contributed by atoms with Gasteiger partial charge in [-0.2, -0.15) is 0 Å². The normalized spacial score (nSPS) is 13.5. The summed E-state index contributed by atoms with van der Waals surface area (Å²) >= 11 is 0. The van der Waals surface area contributed by atoms with Crippen LogP contribution in [0.25, 0.3) is 0 Å². The molecule has 0 atom stereocenters. The van der Waals surface area contributed by atoms with Crippen molar-refractivity contribution in [2.45, 2.75) is 412 Å². The van der Waals surface area contributed by atoms with Crippen LogP contribution >= 0.6 is 0 Å². The van der Waals surface area contributed by atoms with Crippen molar-refractivity contribution in [1.82, 2.24) is 0 Å². The first kappa shape index (κ1) is 89.6.